The van der Waals surface area contributed by atoms with Crippen LogP contribution in [0, 0.1) is 0 Å². The Morgan fingerprint density at radius 1 is 0.913 bits per heavy atom. The summed E-state index contributed by atoms with van der Waals surface area (Å²) in [5, 5.41) is 3.17. The highest BCUT2D eigenvalue weighted by Crippen LogP contribution is 2.51. The lowest BCUT2D eigenvalue weighted by molar-refractivity contribution is -0.125. The van der Waals surface area contributed by atoms with E-state index in [4.69, 9.17) is 0 Å². The van der Waals surface area contributed by atoms with Gasteiger partial charge in [-0.05, 0) is 35.1 Å². The van der Waals surface area contributed by atoms with Crippen LogP contribution in [0.3, 0.4) is 0 Å². The summed E-state index contributed by atoms with van der Waals surface area (Å²) in [7, 11) is 0. The molecule has 0 radical (unpaired) electrons. The van der Waals surface area contributed by atoms with Crippen LogP contribution in [0.15, 0.2) is 48.5 Å². The molecule has 0 aliphatic heterocycles. The zero-order chi connectivity index (χ0) is 16.3. The number of benzene rings is 2. The SMILES string of the molecule is CCCCC1(C(=O)NCCC)c2ccccc2-c2ccccc21. The fourth-order valence-electron chi connectivity index (χ4n) is 3.78. The average molecular weight is 307 g/mol. The Morgan fingerprint density at radius 3 is 2.00 bits per heavy atom. The number of rotatable bonds is 6. The lowest BCUT2D eigenvalue weighted by atomic mass is 9.73. The normalized spacial score (nSPS) is 14.2. The molecule has 1 aliphatic carbocycles. The van der Waals surface area contributed by atoms with Crippen LogP contribution in [0.25, 0.3) is 11.1 Å². The Labute approximate surface area is 138 Å². The number of nitrogens with one attached hydrogen (secondary N) is 1. The molecule has 23 heavy (non-hydrogen) atoms. The van der Waals surface area contributed by atoms with E-state index in [9.17, 15) is 4.79 Å². The molecule has 2 aromatic carbocycles. The summed E-state index contributed by atoms with van der Waals surface area (Å²) in [6.07, 6.45) is 3.96. The van der Waals surface area contributed by atoms with Crippen LogP contribution < -0.4 is 5.32 Å². The van der Waals surface area contributed by atoms with E-state index in [1.807, 2.05) is 0 Å². The van der Waals surface area contributed by atoms with Crippen molar-refractivity contribution in [3.63, 3.8) is 0 Å². The molecule has 0 fully saturated rings. The van der Waals surface area contributed by atoms with Crippen LogP contribution in [0.2, 0.25) is 0 Å². The number of hydrogen-bond donors (Lipinski definition) is 1. The second-order valence-corrected chi connectivity index (χ2v) is 6.36. The number of amides is 1. The second-order valence-electron chi connectivity index (χ2n) is 6.36. The molecule has 0 spiro atoms. The molecule has 0 heterocycles. The number of carbonyl (C=O) groups excluding carboxylic acids is 1. The largest absolute Gasteiger partial charge is 0.355 e. The molecule has 2 nitrogen and oxygen atoms in total. The Kier molecular flexibility index (Phi) is 4.51. The molecule has 0 bridgehead atoms. The van der Waals surface area contributed by atoms with E-state index in [0.29, 0.717) is 0 Å². The average Bonchev–Trinajstić information content (AvgIpc) is 2.89. The quantitative estimate of drug-likeness (QED) is 0.825. The van der Waals surface area contributed by atoms with Crippen molar-refractivity contribution in [1.29, 1.82) is 0 Å². The summed E-state index contributed by atoms with van der Waals surface area (Å²) in [4.78, 5) is 13.2. The third-order valence-electron chi connectivity index (χ3n) is 4.89. The summed E-state index contributed by atoms with van der Waals surface area (Å²) in [6, 6.07) is 16.8. The molecule has 0 saturated carbocycles. The molecule has 0 atom stereocenters. The highest BCUT2D eigenvalue weighted by molar-refractivity contribution is 6.00. The topological polar surface area (TPSA) is 29.1 Å². The molecule has 0 aromatic heterocycles. The third kappa shape index (κ3) is 2.46. The van der Waals surface area contributed by atoms with Crippen molar-refractivity contribution in [3.05, 3.63) is 59.7 Å². The van der Waals surface area contributed by atoms with Crippen LogP contribution in [0.1, 0.15) is 50.7 Å². The Morgan fingerprint density at radius 2 is 1.48 bits per heavy atom. The molecule has 1 N–H and O–H groups in total. The molecule has 1 aliphatic rings. The first kappa shape index (κ1) is 15.8. The first-order valence-corrected chi connectivity index (χ1v) is 8.73. The lowest BCUT2D eigenvalue weighted by Crippen LogP contribution is -2.44. The van der Waals surface area contributed by atoms with Gasteiger partial charge in [-0.15, -0.1) is 0 Å². The van der Waals surface area contributed by atoms with E-state index >= 15 is 0 Å². The van der Waals surface area contributed by atoms with E-state index in [0.717, 1.165) is 32.2 Å². The summed E-state index contributed by atoms with van der Waals surface area (Å²) in [5.41, 5.74) is 4.24. The first-order valence-electron chi connectivity index (χ1n) is 8.73. The van der Waals surface area contributed by atoms with Gasteiger partial charge in [0.25, 0.3) is 0 Å². The van der Waals surface area contributed by atoms with Gasteiger partial charge >= 0.3 is 0 Å². The van der Waals surface area contributed by atoms with Crippen LogP contribution in [0.4, 0.5) is 0 Å². The van der Waals surface area contributed by atoms with Crippen LogP contribution in [0.5, 0.6) is 0 Å². The fraction of sp³-hybridized carbons (Fsp3) is 0.381. The summed E-state index contributed by atoms with van der Waals surface area (Å²) >= 11 is 0. The zero-order valence-electron chi connectivity index (χ0n) is 14.1. The van der Waals surface area contributed by atoms with Gasteiger partial charge in [0.2, 0.25) is 5.91 Å². The van der Waals surface area contributed by atoms with Gasteiger partial charge in [-0.1, -0.05) is 75.2 Å². The minimum Gasteiger partial charge on any atom is -0.355 e. The van der Waals surface area contributed by atoms with Crippen molar-refractivity contribution in [2.75, 3.05) is 6.54 Å². The summed E-state index contributed by atoms with van der Waals surface area (Å²) in [5.74, 6) is 0.158. The lowest BCUT2D eigenvalue weighted by Gasteiger charge is -2.31. The van der Waals surface area contributed by atoms with Gasteiger partial charge in [-0.2, -0.15) is 0 Å². The van der Waals surface area contributed by atoms with Crippen LogP contribution >= 0.6 is 0 Å². The molecule has 0 saturated heterocycles. The fourth-order valence-corrected chi connectivity index (χ4v) is 3.78. The monoisotopic (exact) mass is 307 g/mol. The van der Waals surface area contributed by atoms with E-state index in [1.54, 1.807) is 0 Å². The summed E-state index contributed by atoms with van der Waals surface area (Å²) < 4.78 is 0. The Bertz CT molecular complexity index is 659. The molecule has 0 unspecified atom stereocenters. The van der Waals surface area contributed by atoms with Gasteiger partial charge in [0.15, 0.2) is 0 Å². The van der Waals surface area contributed by atoms with Crippen molar-refractivity contribution in [2.24, 2.45) is 0 Å². The van der Waals surface area contributed by atoms with Gasteiger partial charge in [-0.25, -0.2) is 0 Å². The number of fused-ring (bicyclic) bond motifs is 3. The number of hydrogen-bond acceptors (Lipinski definition) is 1. The third-order valence-corrected chi connectivity index (χ3v) is 4.89. The molecule has 2 aromatic rings. The van der Waals surface area contributed by atoms with E-state index < -0.39 is 5.41 Å². The molecular weight excluding hydrogens is 282 g/mol. The summed E-state index contributed by atoms with van der Waals surface area (Å²) in [6.45, 7) is 5.01. The maximum Gasteiger partial charge on any atom is 0.235 e. The molecule has 1 amide bonds. The minimum atomic E-state index is -0.529. The second kappa shape index (κ2) is 6.57. The van der Waals surface area contributed by atoms with Gasteiger partial charge in [0, 0.05) is 6.54 Å². The van der Waals surface area contributed by atoms with Gasteiger partial charge in [0.05, 0.1) is 0 Å². The van der Waals surface area contributed by atoms with Crippen LogP contribution in [-0.2, 0) is 10.2 Å². The smallest absolute Gasteiger partial charge is 0.235 e. The molecular formula is C21H25NO. The predicted octanol–water partition coefficient (Wildman–Crippen LogP) is 4.67. The van der Waals surface area contributed by atoms with E-state index in [1.165, 1.54) is 22.3 Å². The van der Waals surface area contributed by atoms with Gasteiger partial charge in [-0.3, -0.25) is 4.79 Å². The maximum absolute atomic E-state index is 13.2. The number of carbonyl (C=O) groups is 1. The van der Waals surface area contributed by atoms with Crippen molar-refractivity contribution < 1.29 is 4.79 Å². The van der Waals surface area contributed by atoms with E-state index in [-0.39, 0.29) is 5.91 Å². The Balaban J connectivity index is 2.19. The van der Waals surface area contributed by atoms with Gasteiger partial charge in [0.1, 0.15) is 5.41 Å². The molecule has 120 valence electrons. The first-order chi connectivity index (χ1) is 11.3. The van der Waals surface area contributed by atoms with E-state index in [2.05, 4.69) is 67.7 Å². The maximum atomic E-state index is 13.2. The number of unbranched alkanes of at least 4 members (excludes halogenated alkanes) is 1. The van der Waals surface area contributed by atoms with Crippen molar-refractivity contribution in [3.8, 4) is 11.1 Å². The van der Waals surface area contributed by atoms with Crippen molar-refractivity contribution >= 4 is 5.91 Å². The Hall–Kier alpha value is -2.09. The van der Waals surface area contributed by atoms with Gasteiger partial charge < -0.3 is 5.32 Å². The van der Waals surface area contributed by atoms with Crippen molar-refractivity contribution in [2.45, 2.75) is 44.9 Å². The minimum absolute atomic E-state index is 0.158. The van der Waals surface area contributed by atoms with Crippen molar-refractivity contribution in [1.82, 2.24) is 5.32 Å². The predicted molar refractivity (Wildman–Crippen MR) is 95.5 cm³/mol. The zero-order valence-corrected chi connectivity index (χ0v) is 14.1. The standard InChI is InChI=1S/C21H25NO/c1-3-5-14-21(20(23)22-15-4-2)18-12-8-6-10-16(18)17-11-7-9-13-19(17)21/h6-13H,3-5,14-15H2,1-2H3,(H,22,23). The highest BCUT2D eigenvalue weighted by Gasteiger charge is 2.48. The highest BCUT2D eigenvalue weighted by atomic mass is 16.2. The molecule has 3 rings (SSSR count). The molecule has 2 heteroatoms. The van der Waals surface area contributed by atoms with Crippen LogP contribution in [-0.4, -0.2) is 12.5 Å².